The van der Waals surface area contributed by atoms with E-state index in [1.165, 1.54) is 12.3 Å². The third-order valence-electron chi connectivity index (χ3n) is 2.52. The SMILES string of the molecule is Cc1cc(/C=C/C(=O)O)cnc1Oc1cc(Cl)cc(Cl)c1. The second-order valence-corrected chi connectivity index (χ2v) is 5.14. The Hall–Kier alpha value is -2.04. The van der Waals surface area contributed by atoms with Crippen LogP contribution in [0.3, 0.4) is 0 Å². The lowest BCUT2D eigenvalue weighted by Crippen LogP contribution is -1.93. The molecule has 1 N–H and O–H groups in total. The van der Waals surface area contributed by atoms with E-state index in [0.29, 0.717) is 27.2 Å². The van der Waals surface area contributed by atoms with Gasteiger partial charge in [0.1, 0.15) is 5.75 Å². The van der Waals surface area contributed by atoms with Crippen LogP contribution in [0.1, 0.15) is 11.1 Å². The number of pyridine rings is 1. The molecule has 0 aliphatic heterocycles. The zero-order valence-corrected chi connectivity index (χ0v) is 12.5. The van der Waals surface area contributed by atoms with Crippen molar-refractivity contribution in [3.8, 4) is 11.6 Å². The van der Waals surface area contributed by atoms with E-state index in [-0.39, 0.29) is 0 Å². The number of nitrogens with zero attached hydrogens (tertiary/aromatic N) is 1. The van der Waals surface area contributed by atoms with Gasteiger partial charge in [-0.2, -0.15) is 0 Å². The van der Waals surface area contributed by atoms with E-state index in [9.17, 15) is 4.79 Å². The highest BCUT2D eigenvalue weighted by atomic mass is 35.5. The number of halogens is 2. The minimum absolute atomic E-state index is 0.404. The highest BCUT2D eigenvalue weighted by Gasteiger charge is 2.06. The Morgan fingerprint density at radius 2 is 1.90 bits per heavy atom. The summed E-state index contributed by atoms with van der Waals surface area (Å²) in [5, 5.41) is 9.53. The van der Waals surface area contributed by atoms with Crippen molar-refractivity contribution in [3.63, 3.8) is 0 Å². The van der Waals surface area contributed by atoms with Crippen molar-refractivity contribution in [3.05, 3.63) is 57.7 Å². The van der Waals surface area contributed by atoms with Gasteiger partial charge in [0.05, 0.1) is 0 Å². The van der Waals surface area contributed by atoms with Gasteiger partial charge in [0, 0.05) is 27.9 Å². The summed E-state index contributed by atoms with van der Waals surface area (Å²) in [5.74, 6) is -0.126. The lowest BCUT2D eigenvalue weighted by Gasteiger charge is -2.08. The molecule has 0 saturated carbocycles. The molecular weight excluding hydrogens is 313 g/mol. The Bertz CT molecular complexity index is 694. The second kappa shape index (κ2) is 6.61. The summed E-state index contributed by atoms with van der Waals surface area (Å²) in [5.41, 5.74) is 1.44. The number of rotatable bonds is 4. The van der Waals surface area contributed by atoms with E-state index in [4.69, 9.17) is 33.0 Å². The normalized spacial score (nSPS) is 10.8. The molecule has 0 unspecified atom stereocenters. The van der Waals surface area contributed by atoms with Gasteiger partial charge in [-0.05, 0) is 42.8 Å². The van der Waals surface area contributed by atoms with Crippen LogP contribution in [-0.2, 0) is 4.79 Å². The molecule has 1 aromatic heterocycles. The topological polar surface area (TPSA) is 59.4 Å². The molecule has 0 amide bonds. The summed E-state index contributed by atoms with van der Waals surface area (Å²) in [6.07, 6.45) is 4.03. The average molecular weight is 324 g/mol. The number of hydrogen-bond acceptors (Lipinski definition) is 3. The molecule has 0 aliphatic rings. The standard InChI is InChI=1S/C15H11Cl2NO3/c1-9-4-10(2-3-14(19)20)8-18-15(9)21-13-6-11(16)5-12(17)7-13/h2-8H,1H3,(H,19,20)/b3-2+. The summed E-state index contributed by atoms with van der Waals surface area (Å²) in [4.78, 5) is 14.6. The van der Waals surface area contributed by atoms with Crippen LogP contribution in [0.25, 0.3) is 6.08 Å². The van der Waals surface area contributed by atoms with Gasteiger partial charge in [-0.3, -0.25) is 0 Å². The molecule has 0 bridgehead atoms. The van der Waals surface area contributed by atoms with Crippen molar-refractivity contribution in [2.24, 2.45) is 0 Å². The molecule has 0 aliphatic carbocycles. The summed E-state index contributed by atoms with van der Waals surface area (Å²) >= 11 is 11.8. The van der Waals surface area contributed by atoms with Gasteiger partial charge >= 0.3 is 5.97 Å². The molecule has 0 fully saturated rings. The molecule has 0 radical (unpaired) electrons. The van der Waals surface area contributed by atoms with E-state index in [1.807, 2.05) is 6.92 Å². The van der Waals surface area contributed by atoms with E-state index in [1.54, 1.807) is 24.3 Å². The van der Waals surface area contributed by atoms with Gasteiger partial charge in [-0.1, -0.05) is 23.2 Å². The third kappa shape index (κ3) is 4.48. The van der Waals surface area contributed by atoms with Crippen molar-refractivity contribution in [1.82, 2.24) is 4.98 Å². The Morgan fingerprint density at radius 1 is 1.24 bits per heavy atom. The average Bonchev–Trinajstić information content (AvgIpc) is 2.38. The Labute approximate surface area is 131 Å². The Balaban J connectivity index is 2.23. The van der Waals surface area contributed by atoms with E-state index >= 15 is 0 Å². The summed E-state index contributed by atoms with van der Waals surface area (Å²) in [6.45, 7) is 1.81. The zero-order valence-electron chi connectivity index (χ0n) is 11.0. The van der Waals surface area contributed by atoms with E-state index < -0.39 is 5.97 Å². The predicted molar refractivity (Wildman–Crippen MR) is 82.2 cm³/mol. The first-order chi connectivity index (χ1) is 9.94. The number of carbonyl (C=O) groups is 1. The van der Waals surface area contributed by atoms with E-state index in [2.05, 4.69) is 4.98 Å². The second-order valence-electron chi connectivity index (χ2n) is 4.27. The quantitative estimate of drug-likeness (QED) is 0.836. The maximum absolute atomic E-state index is 10.5. The zero-order chi connectivity index (χ0) is 15.4. The molecule has 0 saturated heterocycles. The van der Waals surface area contributed by atoms with Crippen molar-refractivity contribution in [2.75, 3.05) is 0 Å². The van der Waals surface area contributed by atoms with Gasteiger partial charge in [0.2, 0.25) is 5.88 Å². The maximum atomic E-state index is 10.5. The molecule has 2 rings (SSSR count). The summed E-state index contributed by atoms with van der Waals surface area (Å²) in [7, 11) is 0. The largest absolute Gasteiger partial charge is 0.478 e. The Morgan fingerprint density at radius 3 is 2.48 bits per heavy atom. The minimum atomic E-state index is -1.01. The number of aryl methyl sites for hydroxylation is 1. The van der Waals surface area contributed by atoms with Crippen LogP contribution >= 0.6 is 23.2 Å². The monoisotopic (exact) mass is 323 g/mol. The first-order valence-electron chi connectivity index (χ1n) is 5.95. The number of carboxylic acids is 1. The van der Waals surface area contributed by atoms with Crippen molar-refractivity contribution in [1.29, 1.82) is 0 Å². The summed E-state index contributed by atoms with van der Waals surface area (Å²) in [6, 6.07) is 6.64. The highest BCUT2D eigenvalue weighted by molar-refractivity contribution is 6.34. The Kier molecular flexibility index (Phi) is 4.83. The summed E-state index contributed by atoms with van der Waals surface area (Å²) < 4.78 is 5.63. The van der Waals surface area contributed by atoms with Crippen molar-refractivity contribution >= 4 is 35.2 Å². The molecule has 0 atom stereocenters. The van der Waals surface area contributed by atoms with Gasteiger partial charge in [0.15, 0.2) is 0 Å². The third-order valence-corrected chi connectivity index (χ3v) is 2.96. The predicted octanol–water partition coefficient (Wildman–Crippen LogP) is 4.59. The van der Waals surface area contributed by atoms with Crippen LogP contribution in [0.5, 0.6) is 11.6 Å². The lowest BCUT2D eigenvalue weighted by atomic mass is 10.2. The fraction of sp³-hybridized carbons (Fsp3) is 0.0667. The van der Waals surface area contributed by atoms with Crippen LogP contribution in [0, 0.1) is 6.92 Å². The molecule has 21 heavy (non-hydrogen) atoms. The number of aliphatic carboxylic acids is 1. The van der Waals surface area contributed by atoms with Gasteiger partial charge in [0.25, 0.3) is 0 Å². The first-order valence-corrected chi connectivity index (χ1v) is 6.71. The molecule has 108 valence electrons. The van der Waals surface area contributed by atoms with E-state index in [0.717, 1.165) is 11.6 Å². The van der Waals surface area contributed by atoms with Crippen LogP contribution < -0.4 is 4.74 Å². The highest BCUT2D eigenvalue weighted by Crippen LogP contribution is 2.29. The van der Waals surface area contributed by atoms with Gasteiger partial charge in [-0.25, -0.2) is 9.78 Å². The van der Waals surface area contributed by atoms with Gasteiger partial charge in [-0.15, -0.1) is 0 Å². The van der Waals surface area contributed by atoms with Crippen LogP contribution in [0.15, 0.2) is 36.5 Å². The van der Waals surface area contributed by atoms with Crippen LogP contribution in [-0.4, -0.2) is 16.1 Å². The molecule has 1 heterocycles. The number of benzene rings is 1. The van der Waals surface area contributed by atoms with Crippen LogP contribution in [0.4, 0.5) is 0 Å². The minimum Gasteiger partial charge on any atom is -0.478 e. The fourth-order valence-corrected chi connectivity index (χ4v) is 2.15. The fourth-order valence-electron chi connectivity index (χ4n) is 1.65. The molecule has 4 nitrogen and oxygen atoms in total. The molecule has 0 spiro atoms. The lowest BCUT2D eigenvalue weighted by molar-refractivity contribution is -0.131. The first kappa shape index (κ1) is 15.4. The molecule has 6 heteroatoms. The molecule has 1 aromatic carbocycles. The van der Waals surface area contributed by atoms with Crippen molar-refractivity contribution in [2.45, 2.75) is 6.92 Å². The smallest absolute Gasteiger partial charge is 0.328 e. The number of carboxylic acid groups (broad SMARTS) is 1. The number of hydrogen-bond donors (Lipinski definition) is 1. The van der Waals surface area contributed by atoms with Crippen molar-refractivity contribution < 1.29 is 14.6 Å². The molecular formula is C15H11Cl2NO3. The van der Waals surface area contributed by atoms with Gasteiger partial charge < -0.3 is 9.84 Å². The molecule has 2 aromatic rings. The number of ether oxygens (including phenoxy) is 1. The van der Waals surface area contributed by atoms with Crippen LogP contribution in [0.2, 0.25) is 10.0 Å². The maximum Gasteiger partial charge on any atom is 0.328 e. The number of aromatic nitrogens is 1.